The van der Waals surface area contributed by atoms with Crippen molar-refractivity contribution in [2.75, 3.05) is 32.1 Å². The van der Waals surface area contributed by atoms with E-state index in [1.165, 1.54) is 0 Å². The van der Waals surface area contributed by atoms with Crippen molar-refractivity contribution < 1.29 is 9.53 Å². The monoisotopic (exact) mass is 270 g/mol. The lowest BCUT2D eigenvalue weighted by Crippen LogP contribution is -2.32. The van der Waals surface area contributed by atoms with E-state index in [0.29, 0.717) is 17.5 Å². The van der Waals surface area contributed by atoms with Crippen molar-refractivity contribution in [1.82, 2.24) is 5.32 Å². The van der Waals surface area contributed by atoms with Crippen molar-refractivity contribution in [2.24, 2.45) is 5.92 Å². The Hall–Kier alpha value is -1.10. The molecule has 0 radical (unpaired) electrons. The van der Waals surface area contributed by atoms with E-state index >= 15 is 0 Å². The summed E-state index contributed by atoms with van der Waals surface area (Å²) in [7, 11) is 1.67. The van der Waals surface area contributed by atoms with Gasteiger partial charge in [-0.2, -0.15) is 0 Å². The molecule has 0 fully saturated rings. The van der Waals surface area contributed by atoms with E-state index in [1.54, 1.807) is 31.4 Å². The number of ether oxygens (including phenoxy) is 1. The minimum atomic E-state index is -0.0676. The van der Waals surface area contributed by atoms with Gasteiger partial charge in [-0.15, -0.1) is 0 Å². The van der Waals surface area contributed by atoms with Gasteiger partial charge in [-0.3, -0.25) is 4.79 Å². The van der Waals surface area contributed by atoms with Crippen LogP contribution in [0.5, 0.6) is 0 Å². The SMILES string of the molecule is COCC(C)CNCC(=O)Nc1ccc(Cl)cc1. The lowest BCUT2D eigenvalue weighted by Gasteiger charge is -2.11. The van der Waals surface area contributed by atoms with Crippen LogP contribution in [-0.2, 0) is 9.53 Å². The number of hydrogen-bond acceptors (Lipinski definition) is 3. The van der Waals surface area contributed by atoms with Crippen molar-refractivity contribution in [3.63, 3.8) is 0 Å². The second kappa shape index (κ2) is 8.08. The highest BCUT2D eigenvalue weighted by Crippen LogP contribution is 2.12. The highest BCUT2D eigenvalue weighted by atomic mass is 35.5. The van der Waals surface area contributed by atoms with Crippen molar-refractivity contribution in [3.8, 4) is 0 Å². The molecule has 100 valence electrons. The van der Waals surface area contributed by atoms with Crippen LogP contribution < -0.4 is 10.6 Å². The van der Waals surface area contributed by atoms with Crippen LogP contribution in [0.1, 0.15) is 6.92 Å². The second-order valence-corrected chi connectivity index (χ2v) is 4.68. The first-order valence-corrected chi connectivity index (χ1v) is 6.24. The molecule has 1 unspecified atom stereocenters. The van der Waals surface area contributed by atoms with Gasteiger partial charge in [0.15, 0.2) is 0 Å². The quantitative estimate of drug-likeness (QED) is 0.798. The number of halogens is 1. The minimum Gasteiger partial charge on any atom is -0.384 e. The zero-order valence-electron chi connectivity index (χ0n) is 10.7. The molecule has 1 aromatic rings. The molecule has 4 nitrogen and oxygen atoms in total. The van der Waals surface area contributed by atoms with E-state index in [1.807, 2.05) is 0 Å². The molecule has 1 amide bonds. The van der Waals surface area contributed by atoms with Crippen molar-refractivity contribution in [1.29, 1.82) is 0 Å². The first-order chi connectivity index (χ1) is 8.61. The summed E-state index contributed by atoms with van der Waals surface area (Å²) in [5.41, 5.74) is 0.746. The van der Waals surface area contributed by atoms with Gasteiger partial charge in [0.1, 0.15) is 0 Å². The molecule has 5 heteroatoms. The molecule has 0 spiro atoms. The Kier molecular flexibility index (Phi) is 6.72. The van der Waals surface area contributed by atoms with Crippen LogP contribution in [0.2, 0.25) is 5.02 Å². The number of amides is 1. The minimum absolute atomic E-state index is 0.0676. The number of methoxy groups -OCH3 is 1. The Morgan fingerprint density at radius 2 is 2.06 bits per heavy atom. The van der Waals surface area contributed by atoms with Gasteiger partial charge in [0.05, 0.1) is 6.54 Å². The zero-order chi connectivity index (χ0) is 13.4. The number of hydrogen-bond donors (Lipinski definition) is 2. The molecule has 2 N–H and O–H groups in total. The maximum absolute atomic E-state index is 11.6. The maximum atomic E-state index is 11.6. The summed E-state index contributed by atoms with van der Waals surface area (Å²) in [6.45, 7) is 3.79. The van der Waals surface area contributed by atoms with Gasteiger partial charge in [0.25, 0.3) is 0 Å². The van der Waals surface area contributed by atoms with Gasteiger partial charge in [0.2, 0.25) is 5.91 Å². The van der Waals surface area contributed by atoms with Crippen LogP contribution >= 0.6 is 11.6 Å². The third kappa shape index (κ3) is 6.00. The predicted octanol–water partition coefficient (Wildman–Crippen LogP) is 2.15. The fourth-order valence-electron chi connectivity index (χ4n) is 1.51. The Morgan fingerprint density at radius 1 is 1.39 bits per heavy atom. The Balaban J connectivity index is 2.23. The smallest absolute Gasteiger partial charge is 0.238 e. The molecule has 0 aromatic heterocycles. The molecule has 1 atom stereocenters. The first-order valence-electron chi connectivity index (χ1n) is 5.87. The van der Waals surface area contributed by atoms with Crippen LogP contribution in [0, 0.1) is 5.92 Å². The van der Waals surface area contributed by atoms with Gasteiger partial charge in [-0.05, 0) is 30.2 Å². The molecule has 0 saturated heterocycles. The number of nitrogens with one attached hydrogen (secondary N) is 2. The van der Waals surface area contributed by atoms with Crippen LogP contribution in [0.4, 0.5) is 5.69 Å². The summed E-state index contributed by atoms with van der Waals surface area (Å²) in [6, 6.07) is 7.03. The Morgan fingerprint density at radius 3 is 2.67 bits per heavy atom. The predicted molar refractivity (Wildman–Crippen MR) is 74.0 cm³/mol. The normalized spacial score (nSPS) is 12.2. The lowest BCUT2D eigenvalue weighted by atomic mass is 10.2. The van der Waals surface area contributed by atoms with Gasteiger partial charge < -0.3 is 15.4 Å². The Bertz CT molecular complexity index is 368. The van der Waals surface area contributed by atoms with Crippen LogP contribution in [-0.4, -0.2) is 32.7 Å². The average Bonchev–Trinajstić information content (AvgIpc) is 2.32. The summed E-state index contributed by atoms with van der Waals surface area (Å²) in [4.78, 5) is 11.6. The summed E-state index contributed by atoms with van der Waals surface area (Å²) < 4.78 is 5.01. The molecule has 1 rings (SSSR count). The maximum Gasteiger partial charge on any atom is 0.238 e. The number of anilines is 1. The summed E-state index contributed by atoms with van der Waals surface area (Å²) in [6.07, 6.45) is 0. The standard InChI is InChI=1S/C13H19ClN2O2/c1-10(9-18-2)7-15-8-13(17)16-12-5-3-11(14)4-6-12/h3-6,10,15H,7-9H2,1-2H3,(H,16,17). The van der Waals surface area contributed by atoms with Crippen LogP contribution in [0.15, 0.2) is 24.3 Å². The van der Waals surface area contributed by atoms with Crippen LogP contribution in [0.25, 0.3) is 0 Å². The van der Waals surface area contributed by atoms with Crippen molar-refractivity contribution in [2.45, 2.75) is 6.92 Å². The van der Waals surface area contributed by atoms with E-state index in [9.17, 15) is 4.79 Å². The summed E-state index contributed by atoms with van der Waals surface area (Å²) in [5.74, 6) is 0.320. The van der Waals surface area contributed by atoms with Gasteiger partial charge >= 0.3 is 0 Å². The summed E-state index contributed by atoms with van der Waals surface area (Å²) in [5, 5.41) is 6.52. The topological polar surface area (TPSA) is 50.4 Å². The number of carbonyl (C=O) groups is 1. The molecule has 1 aromatic carbocycles. The van der Waals surface area contributed by atoms with E-state index < -0.39 is 0 Å². The van der Waals surface area contributed by atoms with E-state index in [4.69, 9.17) is 16.3 Å². The molecule has 0 bridgehead atoms. The Labute approximate surface area is 113 Å². The van der Waals surface area contributed by atoms with E-state index in [0.717, 1.165) is 12.2 Å². The third-order valence-electron chi connectivity index (χ3n) is 2.36. The second-order valence-electron chi connectivity index (χ2n) is 4.25. The molecule has 0 aliphatic rings. The first kappa shape index (κ1) is 15.0. The molecule has 0 aliphatic carbocycles. The molecular formula is C13H19ClN2O2. The van der Waals surface area contributed by atoms with E-state index in [-0.39, 0.29) is 12.5 Å². The fraction of sp³-hybridized carbons (Fsp3) is 0.462. The van der Waals surface area contributed by atoms with E-state index in [2.05, 4.69) is 17.6 Å². The lowest BCUT2D eigenvalue weighted by molar-refractivity contribution is -0.115. The molecular weight excluding hydrogens is 252 g/mol. The molecule has 0 saturated carbocycles. The summed E-state index contributed by atoms with van der Waals surface area (Å²) >= 11 is 5.76. The highest BCUT2D eigenvalue weighted by molar-refractivity contribution is 6.30. The molecule has 18 heavy (non-hydrogen) atoms. The number of benzene rings is 1. The fourth-order valence-corrected chi connectivity index (χ4v) is 1.64. The zero-order valence-corrected chi connectivity index (χ0v) is 11.5. The van der Waals surface area contributed by atoms with Gasteiger partial charge in [0, 0.05) is 31.0 Å². The number of rotatable bonds is 7. The largest absolute Gasteiger partial charge is 0.384 e. The van der Waals surface area contributed by atoms with Crippen molar-refractivity contribution in [3.05, 3.63) is 29.3 Å². The van der Waals surface area contributed by atoms with Crippen molar-refractivity contribution >= 4 is 23.2 Å². The van der Waals surface area contributed by atoms with Gasteiger partial charge in [-0.25, -0.2) is 0 Å². The van der Waals surface area contributed by atoms with Gasteiger partial charge in [-0.1, -0.05) is 18.5 Å². The third-order valence-corrected chi connectivity index (χ3v) is 2.61. The highest BCUT2D eigenvalue weighted by Gasteiger charge is 2.04. The number of carbonyl (C=O) groups excluding carboxylic acids is 1. The molecule has 0 aliphatic heterocycles. The van der Waals surface area contributed by atoms with Crippen LogP contribution in [0.3, 0.4) is 0 Å². The average molecular weight is 271 g/mol. The molecule has 0 heterocycles.